The van der Waals surface area contributed by atoms with Crippen LogP contribution in [0.15, 0.2) is 101 Å². The molecule has 0 aliphatic rings. The van der Waals surface area contributed by atoms with Gasteiger partial charge in [-0.3, -0.25) is 0 Å². The van der Waals surface area contributed by atoms with E-state index in [1.807, 2.05) is 30.4 Å². The van der Waals surface area contributed by atoms with Gasteiger partial charge in [0.25, 0.3) is 0 Å². The second-order valence-electron chi connectivity index (χ2n) is 10.2. The first-order chi connectivity index (χ1) is 19.3. The van der Waals surface area contributed by atoms with Crippen LogP contribution in [-0.4, -0.2) is 14.5 Å². The molecule has 39 heavy (non-hydrogen) atoms. The van der Waals surface area contributed by atoms with Gasteiger partial charge in [0.1, 0.15) is 11.4 Å². The molecular weight excluding hydrogens is 498 g/mol. The number of hydrogen-bond donors (Lipinski definition) is 0. The van der Waals surface area contributed by atoms with Crippen molar-refractivity contribution < 1.29 is 4.42 Å². The van der Waals surface area contributed by atoms with E-state index >= 15 is 0 Å². The highest BCUT2D eigenvalue weighted by atomic mass is 32.1. The van der Waals surface area contributed by atoms with Crippen LogP contribution in [0.25, 0.3) is 74.8 Å². The van der Waals surface area contributed by atoms with Crippen molar-refractivity contribution in [1.29, 1.82) is 0 Å². The summed E-state index contributed by atoms with van der Waals surface area (Å²) in [6, 6.07) is 34.6. The SMILES string of the molecule is Cc1nc(Cn2c3ccccc3c3c4ccccc4c4sc5ccccc5c4c32)c2c(n1)oc1ccccc12. The molecule has 5 aromatic carbocycles. The number of hydrogen-bond acceptors (Lipinski definition) is 4. The third-order valence-electron chi connectivity index (χ3n) is 7.98. The largest absolute Gasteiger partial charge is 0.438 e. The molecule has 9 rings (SSSR count). The van der Waals surface area contributed by atoms with Gasteiger partial charge in [0.2, 0.25) is 5.71 Å². The van der Waals surface area contributed by atoms with Crippen molar-refractivity contribution in [2.24, 2.45) is 0 Å². The number of nitrogens with zero attached hydrogens (tertiary/aromatic N) is 3. The molecule has 0 bridgehead atoms. The fourth-order valence-corrected chi connectivity index (χ4v) is 7.69. The summed E-state index contributed by atoms with van der Waals surface area (Å²) in [7, 11) is 0. The molecule has 0 aliphatic carbocycles. The summed E-state index contributed by atoms with van der Waals surface area (Å²) >= 11 is 1.89. The van der Waals surface area contributed by atoms with Crippen LogP contribution < -0.4 is 0 Å². The first-order valence-electron chi connectivity index (χ1n) is 13.1. The topological polar surface area (TPSA) is 43.9 Å². The van der Waals surface area contributed by atoms with E-state index in [9.17, 15) is 0 Å². The second-order valence-corrected chi connectivity index (χ2v) is 11.2. The van der Waals surface area contributed by atoms with Gasteiger partial charge in [-0.05, 0) is 30.5 Å². The van der Waals surface area contributed by atoms with Crippen molar-refractivity contribution >= 4 is 86.2 Å². The Kier molecular flexibility index (Phi) is 4.16. The van der Waals surface area contributed by atoms with E-state index in [0.717, 1.165) is 22.0 Å². The Balaban J connectivity index is 1.49. The van der Waals surface area contributed by atoms with Crippen molar-refractivity contribution in [3.8, 4) is 0 Å². The number of benzene rings is 5. The molecule has 184 valence electrons. The van der Waals surface area contributed by atoms with Crippen LogP contribution >= 0.6 is 11.3 Å². The van der Waals surface area contributed by atoms with Crippen LogP contribution in [0.4, 0.5) is 0 Å². The minimum atomic E-state index is 0.616. The lowest BCUT2D eigenvalue weighted by molar-refractivity contribution is 0.648. The number of para-hydroxylation sites is 2. The number of furan rings is 1. The normalized spacial score (nSPS) is 12.3. The summed E-state index contributed by atoms with van der Waals surface area (Å²) in [4.78, 5) is 9.68. The number of thiophene rings is 1. The molecular formula is C34H21N3OS. The Bertz CT molecular complexity index is 2440. The number of rotatable bonds is 2. The maximum Gasteiger partial charge on any atom is 0.230 e. The van der Waals surface area contributed by atoms with Gasteiger partial charge in [-0.25, -0.2) is 4.98 Å². The van der Waals surface area contributed by atoms with Crippen LogP contribution in [0.1, 0.15) is 11.5 Å². The van der Waals surface area contributed by atoms with Crippen molar-refractivity contribution in [2.45, 2.75) is 13.5 Å². The van der Waals surface area contributed by atoms with Gasteiger partial charge in [0, 0.05) is 47.2 Å². The fourth-order valence-electron chi connectivity index (χ4n) is 6.45. The predicted octanol–water partition coefficient (Wildman–Crippen LogP) is 9.36. The first kappa shape index (κ1) is 21.2. The third kappa shape index (κ3) is 2.83. The molecule has 0 amide bonds. The van der Waals surface area contributed by atoms with Crippen LogP contribution in [0.5, 0.6) is 0 Å². The summed E-state index contributed by atoms with van der Waals surface area (Å²) in [5, 5.41) is 9.84. The van der Waals surface area contributed by atoms with E-state index in [1.165, 1.54) is 52.8 Å². The van der Waals surface area contributed by atoms with Crippen molar-refractivity contribution in [2.75, 3.05) is 0 Å². The Labute approximate surface area is 226 Å². The van der Waals surface area contributed by atoms with Crippen LogP contribution in [-0.2, 0) is 6.54 Å². The minimum Gasteiger partial charge on any atom is -0.438 e. The highest BCUT2D eigenvalue weighted by Gasteiger charge is 2.22. The standard InChI is InChI=1S/C34H21N3OS/c1-19-35-25(30-23-13-5-8-16-27(23)38-34(30)36-19)18-37-26-15-7-4-12-22(26)29-20-10-2-3-11-21(20)33-31(32(29)37)24-14-6-9-17-28(24)39-33/h2-17H,18H2,1H3. The first-order valence-corrected chi connectivity index (χ1v) is 14.0. The molecule has 0 N–H and O–H groups in total. The quantitative estimate of drug-likeness (QED) is 0.228. The molecule has 0 unspecified atom stereocenters. The molecule has 0 spiro atoms. The maximum absolute atomic E-state index is 6.18. The summed E-state index contributed by atoms with van der Waals surface area (Å²) in [6.07, 6.45) is 0. The molecule has 0 aliphatic heterocycles. The van der Waals surface area contributed by atoms with E-state index in [4.69, 9.17) is 9.40 Å². The zero-order chi connectivity index (χ0) is 25.7. The summed E-state index contributed by atoms with van der Waals surface area (Å²) in [6.45, 7) is 2.56. The number of fused-ring (bicyclic) bond motifs is 13. The summed E-state index contributed by atoms with van der Waals surface area (Å²) in [5.74, 6) is 0.717. The fraction of sp³-hybridized carbons (Fsp3) is 0.0588. The Morgan fingerprint density at radius 1 is 0.667 bits per heavy atom. The van der Waals surface area contributed by atoms with Gasteiger partial charge in [-0.15, -0.1) is 11.3 Å². The molecule has 0 radical (unpaired) electrons. The monoisotopic (exact) mass is 519 g/mol. The summed E-state index contributed by atoms with van der Waals surface area (Å²) < 4.78 is 11.3. The highest BCUT2D eigenvalue weighted by molar-refractivity contribution is 7.27. The third-order valence-corrected chi connectivity index (χ3v) is 9.18. The number of aromatic nitrogens is 3. The van der Waals surface area contributed by atoms with Gasteiger partial charge < -0.3 is 8.98 Å². The van der Waals surface area contributed by atoms with E-state index in [0.29, 0.717) is 18.1 Å². The average Bonchev–Trinajstić information content (AvgIpc) is 3.63. The maximum atomic E-state index is 6.18. The lowest BCUT2D eigenvalue weighted by atomic mass is 10.00. The van der Waals surface area contributed by atoms with E-state index in [2.05, 4.69) is 94.5 Å². The lowest BCUT2D eigenvalue weighted by Gasteiger charge is -2.11. The molecule has 0 saturated heterocycles. The zero-order valence-electron chi connectivity index (χ0n) is 21.1. The van der Waals surface area contributed by atoms with Gasteiger partial charge in [0.15, 0.2) is 0 Å². The van der Waals surface area contributed by atoms with E-state index < -0.39 is 0 Å². The van der Waals surface area contributed by atoms with Crippen molar-refractivity contribution in [3.05, 3.63) is 109 Å². The van der Waals surface area contributed by atoms with Gasteiger partial charge >= 0.3 is 0 Å². The highest BCUT2D eigenvalue weighted by Crippen LogP contribution is 2.47. The molecule has 9 aromatic rings. The predicted molar refractivity (Wildman–Crippen MR) is 163 cm³/mol. The van der Waals surface area contributed by atoms with Crippen LogP contribution in [0.3, 0.4) is 0 Å². The lowest BCUT2D eigenvalue weighted by Crippen LogP contribution is -2.04. The van der Waals surface area contributed by atoms with E-state index in [1.54, 1.807) is 0 Å². The zero-order valence-corrected chi connectivity index (χ0v) is 21.9. The van der Waals surface area contributed by atoms with Gasteiger partial charge in [-0.1, -0.05) is 78.9 Å². The second kappa shape index (κ2) is 7.65. The van der Waals surface area contributed by atoms with Crippen molar-refractivity contribution in [1.82, 2.24) is 14.5 Å². The average molecular weight is 520 g/mol. The van der Waals surface area contributed by atoms with Crippen LogP contribution in [0, 0.1) is 6.92 Å². The van der Waals surface area contributed by atoms with Crippen molar-refractivity contribution in [3.63, 3.8) is 0 Å². The Morgan fingerprint density at radius 2 is 1.36 bits per heavy atom. The smallest absolute Gasteiger partial charge is 0.230 e. The van der Waals surface area contributed by atoms with Gasteiger partial charge in [-0.2, -0.15) is 4.98 Å². The molecule has 4 heterocycles. The molecule has 5 heteroatoms. The molecule has 0 saturated carbocycles. The molecule has 0 atom stereocenters. The van der Waals surface area contributed by atoms with Crippen LogP contribution in [0.2, 0.25) is 0 Å². The van der Waals surface area contributed by atoms with E-state index in [-0.39, 0.29) is 0 Å². The number of aryl methyl sites for hydroxylation is 1. The summed E-state index contributed by atoms with van der Waals surface area (Å²) in [5.41, 5.74) is 4.94. The van der Waals surface area contributed by atoms with Gasteiger partial charge in [0.05, 0.1) is 23.1 Å². The molecule has 0 fully saturated rings. The Hall–Kier alpha value is -4.74. The molecule has 4 nitrogen and oxygen atoms in total. The minimum absolute atomic E-state index is 0.616. The molecule has 4 aromatic heterocycles. The Morgan fingerprint density at radius 3 is 2.23 bits per heavy atom.